The van der Waals surface area contributed by atoms with Crippen LogP contribution in [0.25, 0.3) is 0 Å². The minimum Gasteiger partial charge on any atom is -0.492 e. The number of carbonyl (C=O) groups is 2. The van der Waals surface area contributed by atoms with Crippen molar-refractivity contribution < 1.29 is 24.0 Å². The van der Waals surface area contributed by atoms with Crippen molar-refractivity contribution in [3.05, 3.63) is 46.8 Å². The molecule has 0 aliphatic carbocycles. The van der Waals surface area contributed by atoms with Crippen LogP contribution in [0.1, 0.15) is 34.9 Å². The number of hydrogen-bond donors (Lipinski definition) is 1. The Labute approximate surface area is 156 Å². The van der Waals surface area contributed by atoms with Gasteiger partial charge in [-0.1, -0.05) is 23.4 Å². The standard InChI is InChI=1S/C20H22N2O5/c1-12-14(13(2)27-21-12)7-8-18(23)22-9-16-15-5-3-4-6-17(15)26-11-20(16,10-22)19(24)25/h3-6,16H,7-11H2,1-2H3,(H,24,25). The number of aryl methyl sites for hydroxylation is 2. The normalized spacial score (nSPS) is 23.5. The van der Waals surface area contributed by atoms with Crippen LogP contribution < -0.4 is 4.74 Å². The number of aliphatic carboxylic acids is 1. The number of likely N-dealkylation sites (tertiary alicyclic amines) is 1. The van der Waals surface area contributed by atoms with Crippen LogP contribution in [0.3, 0.4) is 0 Å². The van der Waals surface area contributed by atoms with Crippen molar-refractivity contribution in [3.63, 3.8) is 0 Å². The quantitative estimate of drug-likeness (QED) is 0.888. The van der Waals surface area contributed by atoms with Crippen molar-refractivity contribution in [2.24, 2.45) is 5.41 Å². The largest absolute Gasteiger partial charge is 0.492 e. The van der Waals surface area contributed by atoms with Gasteiger partial charge in [0.1, 0.15) is 23.5 Å². The molecule has 7 heteroatoms. The third kappa shape index (κ3) is 2.78. The van der Waals surface area contributed by atoms with Crippen LogP contribution in [0.4, 0.5) is 0 Å². The summed E-state index contributed by atoms with van der Waals surface area (Å²) in [6, 6.07) is 7.49. The highest BCUT2D eigenvalue weighted by Gasteiger charge is 2.57. The number of ether oxygens (including phenoxy) is 1. The molecule has 2 aromatic rings. The molecule has 7 nitrogen and oxygen atoms in total. The van der Waals surface area contributed by atoms with Crippen molar-refractivity contribution >= 4 is 11.9 Å². The van der Waals surface area contributed by atoms with E-state index < -0.39 is 11.4 Å². The molecule has 1 N–H and O–H groups in total. The molecule has 0 saturated carbocycles. The molecule has 0 bridgehead atoms. The third-order valence-electron chi connectivity index (χ3n) is 5.87. The SMILES string of the molecule is Cc1noc(C)c1CCC(=O)N1CC2c3ccccc3OCC2(C(=O)O)C1. The van der Waals surface area contributed by atoms with E-state index in [-0.39, 0.29) is 25.0 Å². The zero-order chi connectivity index (χ0) is 19.2. The number of benzene rings is 1. The van der Waals surface area contributed by atoms with Gasteiger partial charge >= 0.3 is 5.97 Å². The van der Waals surface area contributed by atoms with Crippen molar-refractivity contribution in [2.75, 3.05) is 19.7 Å². The van der Waals surface area contributed by atoms with E-state index in [9.17, 15) is 14.7 Å². The lowest BCUT2D eigenvalue weighted by Crippen LogP contribution is -2.46. The zero-order valence-corrected chi connectivity index (χ0v) is 15.4. The number of rotatable bonds is 4. The lowest BCUT2D eigenvalue weighted by atomic mass is 9.73. The smallest absolute Gasteiger partial charge is 0.315 e. The minimum absolute atomic E-state index is 0.0532. The molecule has 27 heavy (non-hydrogen) atoms. The molecule has 2 atom stereocenters. The van der Waals surface area contributed by atoms with Crippen LogP contribution in [0.15, 0.2) is 28.8 Å². The summed E-state index contributed by atoms with van der Waals surface area (Å²) in [7, 11) is 0. The number of aromatic nitrogens is 1. The summed E-state index contributed by atoms with van der Waals surface area (Å²) in [4.78, 5) is 26.6. The first-order chi connectivity index (χ1) is 12.9. The zero-order valence-electron chi connectivity index (χ0n) is 15.4. The van der Waals surface area contributed by atoms with Crippen molar-refractivity contribution in [1.82, 2.24) is 10.1 Å². The van der Waals surface area contributed by atoms with Crippen molar-refractivity contribution in [2.45, 2.75) is 32.6 Å². The minimum atomic E-state index is -1.09. The number of nitrogens with zero attached hydrogens (tertiary/aromatic N) is 2. The molecular formula is C20H22N2O5. The van der Waals surface area contributed by atoms with Gasteiger partial charge in [-0.25, -0.2) is 0 Å². The van der Waals surface area contributed by atoms with E-state index >= 15 is 0 Å². The Morgan fingerprint density at radius 2 is 2.11 bits per heavy atom. The van der Waals surface area contributed by atoms with E-state index in [0.29, 0.717) is 25.1 Å². The monoisotopic (exact) mass is 370 g/mol. The van der Waals surface area contributed by atoms with Gasteiger partial charge in [-0.05, 0) is 26.3 Å². The van der Waals surface area contributed by atoms with Gasteiger partial charge < -0.3 is 19.3 Å². The molecule has 2 aliphatic heterocycles. The molecular weight excluding hydrogens is 348 g/mol. The first-order valence-corrected chi connectivity index (χ1v) is 9.07. The summed E-state index contributed by atoms with van der Waals surface area (Å²) >= 11 is 0. The Balaban J connectivity index is 1.54. The predicted octanol–water partition coefficient (Wildman–Crippen LogP) is 2.31. The number of para-hydroxylation sites is 1. The number of carboxylic acids is 1. The summed E-state index contributed by atoms with van der Waals surface area (Å²) in [6.07, 6.45) is 0.835. The van der Waals surface area contributed by atoms with Gasteiger partial charge in [-0.15, -0.1) is 0 Å². The van der Waals surface area contributed by atoms with E-state index in [0.717, 1.165) is 22.6 Å². The average Bonchev–Trinajstić information content (AvgIpc) is 3.21. The first-order valence-electron chi connectivity index (χ1n) is 9.07. The Bertz CT molecular complexity index is 886. The van der Waals surface area contributed by atoms with E-state index in [2.05, 4.69) is 5.16 Å². The number of fused-ring (bicyclic) bond motifs is 3. The number of hydrogen-bond acceptors (Lipinski definition) is 5. The lowest BCUT2D eigenvalue weighted by Gasteiger charge is -2.35. The van der Waals surface area contributed by atoms with Crippen molar-refractivity contribution in [3.8, 4) is 5.75 Å². The van der Waals surface area contributed by atoms with Crippen LogP contribution in [0, 0.1) is 19.3 Å². The van der Waals surface area contributed by atoms with E-state index in [1.807, 2.05) is 38.1 Å². The van der Waals surface area contributed by atoms with Crippen LogP contribution >= 0.6 is 0 Å². The fourth-order valence-corrected chi connectivity index (χ4v) is 4.28. The van der Waals surface area contributed by atoms with Crippen molar-refractivity contribution in [1.29, 1.82) is 0 Å². The summed E-state index contributed by atoms with van der Waals surface area (Å²) in [5, 5.41) is 13.9. The van der Waals surface area contributed by atoms with Gasteiger partial charge in [0.05, 0.1) is 5.69 Å². The molecule has 2 unspecified atom stereocenters. The van der Waals surface area contributed by atoms with Gasteiger partial charge in [-0.2, -0.15) is 0 Å². The van der Waals surface area contributed by atoms with Crippen LogP contribution in [0.2, 0.25) is 0 Å². The predicted molar refractivity (Wildman–Crippen MR) is 95.6 cm³/mol. The highest BCUT2D eigenvalue weighted by atomic mass is 16.5. The maximum atomic E-state index is 12.8. The fraction of sp³-hybridized carbons (Fsp3) is 0.450. The first kappa shape index (κ1) is 17.6. The summed E-state index contributed by atoms with van der Waals surface area (Å²) in [6.45, 7) is 4.33. The number of carboxylic acid groups (broad SMARTS) is 1. The average molecular weight is 370 g/mol. The van der Waals surface area contributed by atoms with E-state index in [4.69, 9.17) is 9.26 Å². The Morgan fingerprint density at radius 1 is 1.33 bits per heavy atom. The second-order valence-corrected chi connectivity index (χ2v) is 7.42. The number of carbonyl (C=O) groups excluding carboxylic acids is 1. The molecule has 1 aromatic carbocycles. The Hall–Kier alpha value is -2.83. The van der Waals surface area contributed by atoms with Gasteiger partial charge in [-0.3, -0.25) is 9.59 Å². The van der Waals surface area contributed by atoms with Gasteiger partial charge in [0.25, 0.3) is 0 Å². The van der Waals surface area contributed by atoms with Gasteiger partial charge in [0.2, 0.25) is 5.91 Å². The molecule has 1 saturated heterocycles. The number of amides is 1. The Kier molecular flexibility index (Phi) is 4.17. The van der Waals surface area contributed by atoms with Crippen LogP contribution in [-0.2, 0) is 16.0 Å². The molecule has 2 aliphatic rings. The molecule has 1 fully saturated rings. The summed E-state index contributed by atoms with van der Waals surface area (Å²) in [5.41, 5.74) is 1.51. The van der Waals surface area contributed by atoms with Gasteiger partial charge in [0, 0.05) is 36.6 Å². The second kappa shape index (κ2) is 6.40. The highest BCUT2D eigenvalue weighted by molar-refractivity contribution is 5.83. The second-order valence-electron chi connectivity index (χ2n) is 7.42. The van der Waals surface area contributed by atoms with Crippen LogP contribution in [-0.4, -0.2) is 46.7 Å². The lowest BCUT2D eigenvalue weighted by molar-refractivity contribution is -0.152. The fourth-order valence-electron chi connectivity index (χ4n) is 4.28. The molecule has 3 heterocycles. The topological polar surface area (TPSA) is 92.9 Å². The highest BCUT2D eigenvalue weighted by Crippen LogP contribution is 2.49. The molecule has 0 radical (unpaired) electrons. The third-order valence-corrected chi connectivity index (χ3v) is 5.87. The molecule has 1 amide bonds. The maximum Gasteiger partial charge on any atom is 0.315 e. The van der Waals surface area contributed by atoms with Gasteiger partial charge in [0.15, 0.2) is 0 Å². The summed E-state index contributed by atoms with van der Waals surface area (Å²) in [5.74, 6) is 0.206. The van der Waals surface area contributed by atoms with E-state index in [1.165, 1.54) is 0 Å². The molecule has 4 rings (SSSR count). The summed E-state index contributed by atoms with van der Waals surface area (Å²) < 4.78 is 10.9. The molecule has 142 valence electrons. The maximum absolute atomic E-state index is 12.8. The van der Waals surface area contributed by atoms with Crippen LogP contribution in [0.5, 0.6) is 5.75 Å². The Morgan fingerprint density at radius 3 is 2.81 bits per heavy atom. The van der Waals surface area contributed by atoms with E-state index in [1.54, 1.807) is 4.90 Å². The molecule has 1 aromatic heterocycles. The molecule has 0 spiro atoms.